The summed E-state index contributed by atoms with van der Waals surface area (Å²) >= 11 is 0. The highest BCUT2D eigenvalue weighted by molar-refractivity contribution is 5.85. The predicted octanol–water partition coefficient (Wildman–Crippen LogP) is 2.56. The molecule has 1 heterocycles. The van der Waals surface area contributed by atoms with E-state index in [1.54, 1.807) is 6.92 Å². The largest absolute Gasteiger partial charge is 0.387 e. The van der Waals surface area contributed by atoms with E-state index in [1.165, 1.54) is 19.2 Å². The van der Waals surface area contributed by atoms with Crippen LogP contribution in [0.1, 0.15) is 31.4 Å². The number of Topliss-reactive ketones (excluding diaryl/α,β-unsaturated/α-hetero) is 1. The first-order chi connectivity index (χ1) is 11.6. The number of ketones is 1. The van der Waals surface area contributed by atoms with Gasteiger partial charge in [0.05, 0.1) is 12.4 Å². The van der Waals surface area contributed by atoms with Crippen LogP contribution in [-0.2, 0) is 26.2 Å². The van der Waals surface area contributed by atoms with Gasteiger partial charge >= 0.3 is 6.11 Å². The van der Waals surface area contributed by atoms with E-state index in [0.29, 0.717) is 5.56 Å². The molecule has 5 nitrogen and oxygen atoms in total. The molecule has 0 saturated heterocycles. The first-order valence-electron chi connectivity index (χ1n) is 7.81. The van der Waals surface area contributed by atoms with Gasteiger partial charge < -0.3 is 15.2 Å². The first-order valence-corrected chi connectivity index (χ1v) is 7.81. The summed E-state index contributed by atoms with van der Waals surface area (Å²) in [6.45, 7) is 2.32. The highest BCUT2D eigenvalue weighted by atomic mass is 19.3. The summed E-state index contributed by atoms with van der Waals surface area (Å²) in [5.41, 5.74) is 3.31. The third-order valence-electron chi connectivity index (χ3n) is 4.32. The number of carbonyl (C=O) groups is 1. The standard InChI is InChI=1S/C17H21F3N2O3/c1-10(24-3)14(23)9-11-4-5-13(18)12(8-11)16(2)17(19,20)25-7-6-15(21)22-16/h4-5,8,10H,6-7,9H2,1-3H3,(H2,21,22)/t10?,16-/m1/s1. The fourth-order valence-corrected chi connectivity index (χ4v) is 2.58. The Morgan fingerprint density at radius 2 is 2.16 bits per heavy atom. The Morgan fingerprint density at radius 3 is 2.80 bits per heavy atom. The molecule has 8 heteroatoms. The molecule has 0 amide bonds. The van der Waals surface area contributed by atoms with Crippen molar-refractivity contribution in [1.29, 1.82) is 0 Å². The average Bonchev–Trinajstić information content (AvgIpc) is 2.64. The molecule has 138 valence electrons. The highest BCUT2D eigenvalue weighted by Gasteiger charge is 2.55. The summed E-state index contributed by atoms with van der Waals surface area (Å²) in [4.78, 5) is 15.8. The van der Waals surface area contributed by atoms with Gasteiger partial charge in [0.25, 0.3) is 0 Å². The molecule has 0 radical (unpaired) electrons. The summed E-state index contributed by atoms with van der Waals surface area (Å²) in [5, 5.41) is 0. The minimum Gasteiger partial charge on any atom is -0.387 e. The van der Waals surface area contributed by atoms with Crippen LogP contribution >= 0.6 is 0 Å². The Kier molecular flexibility index (Phi) is 5.53. The molecule has 2 rings (SSSR count). The number of nitrogens with two attached hydrogens (primary N) is 1. The average molecular weight is 358 g/mol. The minimum atomic E-state index is -3.75. The monoisotopic (exact) mass is 358 g/mol. The normalized spacial score (nSPS) is 24.3. The van der Waals surface area contributed by atoms with Gasteiger partial charge in [0, 0.05) is 25.5 Å². The van der Waals surface area contributed by atoms with Crippen molar-refractivity contribution in [3.05, 3.63) is 35.1 Å². The lowest BCUT2D eigenvalue weighted by Gasteiger charge is -2.33. The zero-order valence-corrected chi connectivity index (χ0v) is 14.3. The van der Waals surface area contributed by atoms with Crippen LogP contribution in [-0.4, -0.2) is 37.5 Å². The van der Waals surface area contributed by atoms with Crippen LogP contribution in [0, 0.1) is 5.82 Å². The lowest BCUT2D eigenvalue weighted by Crippen LogP contribution is -2.44. The van der Waals surface area contributed by atoms with Gasteiger partial charge in [-0.1, -0.05) is 6.07 Å². The number of hydrogen-bond acceptors (Lipinski definition) is 5. The number of ether oxygens (including phenoxy) is 2. The van der Waals surface area contributed by atoms with Crippen molar-refractivity contribution in [2.45, 2.75) is 44.4 Å². The zero-order valence-electron chi connectivity index (χ0n) is 14.3. The Balaban J connectivity index is 2.48. The lowest BCUT2D eigenvalue weighted by atomic mass is 9.88. The molecular formula is C17H21F3N2O3. The summed E-state index contributed by atoms with van der Waals surface area (Å²) in [6, 6.07) is 3.60. The quantitative estimate of drug-likeness (QED) is 0.878. The number of nitrogens with zero attached hydrogens (tertiary/aromatic N) is 1. The topological polar surface area (TPSA) is 73.9 Å². The lowest BCUT2D eigenvalue weighted by molar-refractivity contribution is -0.275. The van der Waals surface area contributed by atoms with Crippen molar-refractivity contribution in [3.8, 4) is 0 Å². The second kappa shape index (κ2) is 7.13. The van der Waals surface area contributed by atoms with Gasteiger partial charge in [-0.05, 0) is 31.5 Å². The van der Waals surface area contributed by atoms with Crippen LogP contribution in [0.25, 0.3) is 0 Å². The van der Waals surface area contributed by atoms with Crippen LogP contribution in [0.3, 0.4) is 0 Å². The summed E-state index contributed by atoms with van der Waals surface area (Å²) < 4.78 is 52.9. The number of methoxy groups -OCH3 is 1. The second-order valence-corrected chi connectivity index (χ2v) is 6.13. The molecule has 0 bridgehead atoms. The SMILES string of the molecule is COC(C)C(=O)Cc1ccc(F)c([C@@]2(C)N=C(N)CCOC2(F)F)c1. The Hall–Kier alpha value is -1.93. The summed E-state index contributed by atoms with van der Waals surface area (Å²) in [6.07, 6.45) is -4.46. The molecule has 25 heavy (non-hydrogen) atoms. The molecule has 1 aliphatic rings. The molecule has 0 spiro atoms. The molecule has 0 aliphatic carbocycles. The Morgan fingerprint density at radius 1 is 1.48 bits per heavy atom. The molecule has 2 N–H and O–H groups in total. The zero-order chi connectivity index (χ0) is 18.8. The molecule has 1 unspecified atom stereocenters. The number of rotatable bonds is 5. The summed E-state index contributed by atoms with van der Waals surface area (Å²) in [5.74, 6) is -1.18. The molecule has 1 aromatic carbocycles. The smallest absolute Gasteiger partial charge is 0.384 e. The molecule has 1 aliphatic heterocycles. The predicted molar refractivity (Wildman–Crippen MR) is 86.1 cm³/mol. The van der Waals surface area contributed by atoms with Crippen LogP contribution in [0.4, 0.5) is 13.2 Å². The van der Waals surface area contributed by atoms with Gasteiger partial charge in [-0.15, -0.1) is 0 Å². The van der Waals surface area contributed by atoms with Crippen LogP contribution in [0.15, 0.2) is 23.2 Å². The maximum atomic E-state index is 14.5. The van der Waals surface area contributed by atoms with Crippen LogP contribution < -0.4 is 5.73 Å². The number of aliphatic imine (C=N–C) groups is 1. The number of hydrogen-bond donors (Lipinski definition) is 1. The second-order valence-electron chi connectivity index (χ2n) is 6.13. The maximum absolute atomic E-state index is 14.5. The third kappa shape index (κ3) is 3.85. The Labute approximate surface area is 144 Å². The van der Waals surface area contributed by atoms with Gasteiger partial charge in [-0.2, -0.15) is 8.78 Å². The van der Waals surface area contributed by atoms with Crippen LogP contribution in [0.5, 0.6) is 0 Å². The van der Waals surface area contributed by atoms with Gasteiger partial charge in [-0.25, -0.2) is 4.39 Å². The molecule has 1 aromatic rings. The van der Waals surface area contributed by atoms with E-state index < -0.39 is 23.6 Å². The molecule has 0 saturated carbocycles. The summed E-state index contributed by atoms with van der Waals surface area (Å²) in [7, 11) is 1.39. The van der Waals surface area contributed by atoms with E-state index in [9.17, 15) is 18.0 Å². The van der Waals surface area contributed by atoms with E-state index in [0.717, 1.165) is 13.0 Å². The van der Waals surface area contributed by atoms with Crippen LogP contribution in [0.2, 0.25) is 0 Å². The van der Waals surface area contributed by atoms with Crippen molar-refractivity contribution in [2.75, 3.05) is 13.7 Å². The van der Waals surface area contributed by atoms with Gasteiger partial charge in [0.2, 0.25) is 0 Å². The van der Waals surface area contributed by atoms with Crippen molar-refractivity contribution in [1.82, 2.24) is 0 Å². The van der Waals surface area contributed by atoms with Crippen molar-refractivity contribution < 1.29 is 27.4 Å². The highest BCUT2D eigenvalue weighted by Crippen LogP contribution is 2.44. The van der Waals surface area contributed by atoms with Crippen molar-refractivity contribution in [2.24, 2.45) is 10.7 Å². The van der Waals surface area contributed by atoms with E-state index in [1.807, 2.05) is 0 Å². The molecule has 2 atom stereocenters. The number of carbonyl (C=O) groups excluding carboxylic acids is 1. The van der Waals surface area contributed by atoms with Gasteiger partial charge in [0.1, 0.15) is 11.9 Å². The Bertz CT molecular complexity index is 694. The minimum absolute atomic E-state index is 0.0241. The number of alkyl halides is 2. The number of halogens is 3. The van der Waals surface area contributed by atoms with Gasteiger partial charge in [0.15, 0.2) is 11.3 Å². The maximum Gasteiger partial charge on any atom is 0.384 e. The van der Waals surface area contributed by atoms with E-state index >= 15 is 0 Å². The molecule has 0 aromatic heterocycles. The van der Waals surface area contributed by atoms with E-state index in [4.69, 9.17) is 10.5 Å². The fourth-order valence-electron chi connectivity index (χ4n) is 2.58. The molecular weight excluding hydrogens is 337 g/mol. The van der Waals surface area contributed by atoms with E-state index in [-0.39, 0.29) is 36.6 Å². The number of benzene rings is 1. The molecule has 0 fully saturated rings. The number of amidine groups is 1. The first kappa shape index (κ1) is 19.4. The van der Waals surface area contributed by atoms with Crippen molar-refractivity contribution in [3.63, 3.8) is 0 Å². The van der Waals surface area contributed by atoms with Crippen molar-refractivity contribution >= 4 is 11.6 Å². The van der Waals surface area contributed by atoms with Gasteiger partial charge in [-0.3, -0.25) is 9.79 Å². The van der Waals surface area contributed by atoms with E-state index in [2.05, 4.69) is 9.73 Å². The fraction of sp³-hybridized carbons (Fsp3) is 0.529. The third-order valence-corrected chi connectivity index (χ3v) is 4.32.